The molecule has 0 saturated carbocycles. The van der Waals surface area contributed by atoms with Crippen molar-refractivity contribution in [1.29, 1.82) is 0 Å². The lowest BCUT2D eigenvalue weighted by atomic mass is 10.2. The molecule has 2 nitrogen and oxygen atoms in total. The number of aromatic nitrogens is 1. The summed E-state index contributed by atoms with van der Waals surface area (Å²) in [5.74, 6) is -0.204. The Kier molecular flexibility index (Phi) is 2.04. The minimum atomic E-state index is -0.204. The number of hydrogen-bond donors (Lipinski definition) is 1. The van der Waals surface area contributed by atoms with Crippen LogP contribution in [0.4, 0.5) is 4.39 Å². The summed E-state index contributed by atoms with van der Waals surface area (Å²) in [7, 11) is 0. The van der Waals surface area contributed by atoms with Crippen LogP contribution in [0.5, 0.6) is 0 Å². The maximum Gasteiger partial charge on any atom is 0.123 e. The number of nitrogens with zero attached hydrogens (tertiary/aromatic N) is 1. The van der Waals surface area contributed by atoms with Gasteiger partial charge in [-0.1, -0.05) is 0 Å². The Bertz CT molecular complexity index is 468. The standard InChI is InChI=1S/C11H9FN2S/c12-8-3-1-7(2-4-8)11-14-9-5-13-6-10(9)15-11/h1-4,13H,5-6H2. The predicted molar refractivity (Wildman–Crippen MR) is 58.1 cm³/mol. The van der Waals surface area contributed by atoms with Crippen LogP contribution in [0, 0.1) is 5.82 Å². The summed E-state index contributed by atoms with van der Waals surface area (Å²) < 4.78 is 12.7. The van der Waals surface area contributed by atoms with Gasteiger partial charge in [0.25, 0.3) is 0 Å². The highest BCUT2D eigenvalue weighted by Gasteiger charge is 2.16. The van der Waals surface area contributed by atoms with Gasteiger partial charge in [-0.25, -0.2) is 9.37 Å². The summed E-state index contributed by atoms with van der Waals surface area (Å²) >= 11 is 1.68. The average Bonchev–Trinajstić information content (AvgIpc) is 2.78. The van der Waals surface area contributed by atoms with Gasteiger partial charge >= 0.3 is 0 Å². The van der Waals surface area contributed by atoms with Crippen molar-refractivity contribution >= 4 is 11.3 Å². The van der Waals surface area contributed by atoms with E-state index in [1.54, 1.807) is 23.5 Å². The molecule has 0 radical (unpaired) electrons. The molecule has 1 aliphatic rings. The van der Waals surface area contributed by atoms with E-state index < -0.39 is 0 Å². The summed E-state index contributed by atoms with van der Waals surface area (Å²) in [6, 6.07) is 6.49. The summed E-state index contributed by atoms with van der Waals surface area (Å²) in [5, 5.41) is 4.23. The molecule has 3 rings (SSSR count). The lowest BCUT2D eigenvalue weighted by Crippen LogP contribution is -2.01. The number of halogens is 1. The largest absolute Gasteiger partial charge is 0.306 e. The lowest BCUT2D eigenvalue weighted by Gasteiger charge is -1.96. The molecule has 0 aliphatic carbocycles. The highest BCUT2D eigenvalue weighted by molar-refractivity contribution is 7.15. The van der Waals surface area contributed by atoms with Crippen LogP contribution in [0.1, 0.15) is 10.6 Å². The van der Waals surface area contributed by atoms with Crippen LogP contribution >= 0.6 is 11.3 Å². The molecule has 1 N–H and O–H groups in total. The molecule has 0 unspecified atom stereocenters. The first-order valence-corrected chi connectivity index (χ1v) is 5.60. The summed E-state index contributed by atoms with van der Waals surface area (Å²) in [6.07, 6.45) is 0. The molecule has 4 heteroatoms. The SMILES string of the molecule is Fc1ccc(-c2nc3c(s2)CNC3)cc1. The second kappa shape index (κ2) is 3.40. The molecule has 0 spiro atoms. The Morgan fingerprint density at radius 2 is 2.00 bits per heavy atom. The Morgan fingerprint density at radius 3 is 2.73 bits per heavy atom. The van der Waals surface area contributed by atoms with Gasteiger partial charge in [0.05, 0.1) is 5.69 Å². The van der Waals surface area contributed by atoms with Crippen LogP contribution in [-0.2, 0) is 13.1 Å². The fourth-order valence-electron chi connectivity index (χ4n) is 1.67. The fraction of sp³-hybridized carbons (Fsp3) is 0.182. The fourth-order valence-corrected chi connectivity index (χ4v) is 2.72. The number of benzene rings is 1. The highest BCUT2D eigenvalue weighted by Crippen LogP contribution is 2.30. The molecule has 2 heterocycles. The molecular weight excluding hydrogens is 211 g/mol. The van der Waals surface area contributed by atoms with Gasteiger partial charge in [-0.05, 0) is 24.3 Å². The van der Waals surface area contributed by atoms with Crippen molar-refractivity contribution in [1.82, 2.24) is 10.3 Å². The Balaban J connectivity index is 2.02. The number of fused-ring (bicyclic) bond motifs is 1. The monoisotopic (exact) mass is 220 g/mol. The molecule has 0 bridgehead atoms. The van der Waals surface area contributed by atoms with E-state index >= 15 is 0 Å². The Morgan fingerprint density at radius 1 is 1.20 bits per heavy atom. The molecule has 76 valence electrons. The third-order valence-corrected chi connectivity index (χ3v) is 3.59. The third-order valence-electron chi connectivity index (χ3n) is 2.45. The summed E-state index contributed by atoms with van der Waals surface area (Å²) in [4.78, 5) is 5.82. The minimum absolute atomic E-state index is 0.204. The van der Waals surface area contributed by atoms with Crippen LogP contribution in [0.2, 0.25) is 0 Å². The quantitative estimate of drug-likeness (QED) is 0.799. The third kappa shape index (κ3) is 1.56. The van der Waals surface area contributed by atoms with E-state index in [9.17, 15) is 4.39 Å². The zero-order valence-corrected chi connectivity index (χ0v) is 8.77. The van der Waals surface area contributed by atoms with Crippen LogP contribution in [-0.4, -0.2) is 4.98 Å². The van der Waals surface area contributed by atoms with Gasteiger partial charge in [0.1, 0.15) is 10.8 Å². The van der Waals surface area contributed by atoms with E-state index in [-0.39, 0.29) is 5.82 Å². The van der Waals surface area contributed by atoms with Gasteiger partial charge in [0, 0.05) is 23.5 Å². The van der Waals surface area contributed by atoms with Crippen LogP contribution < -0.4 is 5.32 Å². The van der Waals surface area contributed by atoms with Crippen LogP contribution in [0.15, 0.2) is 24.3 Å². The molecule has 2 aromatic rings. The smallest absolute Gasteiger partial charge is 0.123 e. The topological polar surface area (TPSA) is 24.9 Å². The molecule has 0 fully saturated rings. The van der Waals surface area contributed by atoms with Crippen LogP contribution in [0.3, 0.4) is 0 Å². The zero-order valence-electron chi connectivity index (χ0n) is 7.96. The second-order valence-electron chi connectivity index (χ2n) is 3.50. The number of nitrogens with one attached hydrogen (secondary N) is 1. The van der Waals surface area contributed by atoms with E-state index in [1.165, 1.54) is 17.0 Å². The van der Waals surface area contributed by atoms with E-state index in [1.807, 2.05) is 0 Å². The van der Waals surface area contributed by atoms with Gasteiger partial charge in [0.2, 0.25) is 0 Å². The summed E-state index contributed by atoms with van der Waals surface area (Å²) in [6.45, 7) is 1.77. The van der Waals surface area contributed by atoms with Gasteiger partial charge in [0.15, 0.2) is 0 Å². The predicted octanol–water partition coefficient (Wildman–Crippen LogP) is 2.55. The van der Waals surface area contributed by atoms with E-state index in [4.69, 9.17) is 0 Å². The van der Waals surface area contributed by atoms with Crippen molar-refractivity contribution in [2.24, 2.45) is 0 Å². The first-order valence-electron chi connectivity index (χ1n) is 4.78. The molecule has 1 aliphatic heterocycles. The van der Waals surface area contributed by atoms with Gasteiger partial charge in [-0.2, -0.15) is 0 Å². The number of rotatable bonds is 1. The van der Waals surface area contributed by atoms with Gasteiger partial charge < -0.3 is 5.32 Å². The normalized spacial score (nSPS) is 14.2. The van der Waals surface area contributed by atoms with Crippen molar-refractivity contribution in [2.45, 2.75) is 13.1 Å². The molecule has 1 aromatic heterocycles. The molecule has 0 amide bonds. The first kappa shape index (κ1) is 9.00. The first-order chi connectivity index (χ1) is 7.33. The Hall–Kier alpha value is -1.26. The molecular formula is C11H9FN2S. The van der Waals surface area contributed by atoms with Gasteiger partial charge in [-0.15, -0.1) is 11.3 Å². The average molecular weight is 220 g/mol. The maximum atomic E-state index is 12.7. The second-order valence-corrected chi connectivity index (χ2v) is 4.58. The van der Waals surface area contributed by atoms with Crippen molar-refractivity contribution in [3.05, 3.63) is 40.7 Å². The van der Waals surface area contributed by atoms with E-state index in [0.29, 0.717) is 0 Å². The van der Waals surface area contributed by atoms with Crippen molar-refractivity contribution < 1.29 is 4.39 Å². The van der Waals surface area contributed by atoms with Crippen molar-refractivity contribution in [3.8, 4) is 10.6 Å². The maximum absolute atomic E-state index is 12.7. The van der Waals surface area contributed by atoms with Gasteiger partial charge in [-0.3, -0.25) is 0 Å². The van der Waals surface area contributed by atoms with E-state index in [0.717, 1.165) is 29.4 Å². The lowest BCUT2D eigenvalue weighted by molar-refractivity contribution is 0.628. The number of thiazole rings is 1. The van der Waals surface area contributed by atoms with Crippen molar-refractivity contribution in [2.75, 3.05) is 0 Å². The highest BCUT2D eigenvalue weighted by atomic mass is 32.1. The molecule has 1 aromatic carbocycles. The molecule has 0 saturated heterocycles. The number of hydrogen-bond acceptors (Lipinski definition) is 3. The molecule has 0 atom stereocenters. The zero-order chi connectivity index (χ0) is 10.3. The van der Waals surface area contributed by atoms with Crippen LogP contribution in [0.25, 0.3) is 10.6 Å². The minimum Gasteiger partial charge on any atom is -0.306 e. The van der Waals surface area contributed by atoms with Crippen molar-refractivity contribution in [3.63, 3.8) is 0 Å². The summed E-state index contributed by atoms with van der Waals surface area (Å²) in [5.41, 5.74) is 2.13. The Labute approximate surface area is 90.8 Å². The van der Waals surface area contributed by atoms with E-state index in [2.05, 4.69) is 10.3 Å². The molecule has 15 heavy (non-hydrogen) atoms.